The van der Waals surface area contributed by atoms with Crippen LogP contribution in [0.25, 0.3) is 0 Å². The molecule has 5 nitrogen and oxygen atoms in total. The maximum atomic E-state index is 12.9. The zero-order valence-electron chi connectivity index (χ0n) is 16.8. The number of carboxylic acid groups (broad SMARTS) is 1. The number of hydrogen-bond acceptors (Lipinski definition) is 3. The molecule has 5 heteroatoms. The molecule has 4 rings (SSSR count). The summed E-state index contributed by atoms with van der Waals surface area (Å²) in [5.74, 6) is -0.119. The summed E-state index contributed by atoms with van der Waals surface area (Å²) in [5, 5.41) is 19.0. The maximum absolute atomic E-state index is 12.9. The Kier molecular flexibility index (Phi) is 4.81. The highest BCUT2D eigenvalue weighted by Crippen LogP contribution is 2.65. The van der Waals surface area contributed by atoms with Crippen LogP contribution < -0.4 is 0 Å². The SMILES string of the molecule is C[C@@]12CCC[C@H]1[C@@H]1CCC3N(CCCO)C(=O)C(C(=O)O)C[C@]3(C)[C@@H]1CC2. The Morgan fingerprint density at radius 3 is 2.63 bits per heavy atom. The summed E-state index contributed by atoms with van der Waals surface area (Å²) in [5.41, 5.74) is 0.372. The molecule has 0 bridgehead atoms. The molecule has 3 aliphatic carbocycles. The minimum Gasteiger partial charge on any atom is -0.481 e. The topological polar surface area (TPSA) is 77.8 Å². The predicted molar refractivity (Wildman–Crippen MR) is 102 cm³/mol. The predicted octanol–water partition coefficient (Wildman–Crippen LogP) is 3.30. The van der Waals surface area contributed by atoms with Gasteiger partial charge in [-0.2, -0.15) is 0 Å². The van der Waals surface area contributed by atoms with E-state index < -0.39 is 11.9 Å². The normalized spacial score (nSPS) is 46.6. The standard InChI is InChI=1S/C22H35NO4/c1-21-9-3-5-16(21)14-6-7-18-22(2,17(14)8-10-21)13-15(20(26)27)19(25)23(18)11-4-12-24/h14-18,24H,3-13H2,1-2H3,(H,26,27)/t14-,15?,16-,17+,18?,21-,22+/m0/s1. The van der Waals surface area contributed by atoms with E-state index in [0.29, 0.717) is 36.6 Å². The Morgan fingerprint density at radius 1 is 1.15 bits per heavy atom. The lowest BCUT2D eigenvalue weighted by Crippen LogP contribution is -2.65. The van der Waals surface area contributed by atoms with Gasteiger partial charge in [0.1, 0.15) is 5.92 Å². The van der Waals surface area contributed by atoms with Crippen molar-refractivity contribution in [3.05, 3.63) is 0 Å². The van der Waals surface area contributed by atoms with Crippen molar-refractivity contribution in [1.82, 2.24) is 4.90 Å². The maximum Gasteiger partial charge on any atom is 0.316 e. The van der Waals surface area contributed by atoms with E-state index in [0.717, 1.165) is 12.3 Å². The summed E-state index contributed by atoms with van der Waals surface area (Å²) in [6, 6.07) is 0.138. The lowest BCUT2D eigenvalue weighted by molar-refractivity contribution is -0.177. The van der Waals surface area contributed by atoms with Crippen LogP contribution >= 0.6 is 0 Å². The molecule has 27 heavy (non-hydrogen) atoms. The van der Waals surface area contributed by atoms with Gasteiger partial charge in [-0.15, -0.1) is 0 Å². The van der Waals surface area contributed by atoms with Crippen LogP contribution in [0, 0.1) is 34.5 Å². The second-order valence-electron chi connectivity index (χ2n) is 10.3. The van der Waals surface area contributed by atoms with Crippen molar-refractivity contribution in [3.8, 4) is 0 Å². The van der Waals surface area contributed by atoms with Crippen molar-refractivity contribution in [3.63, 3.8) is 0 Å². The second kappa shape index (κ2) is 6.75. The Bertz CT molecular complexity index is 621. The summed E-state index contributed by atoms with van der Waals surface area (Å²) < 4.78 is 0. The number of carbonyl (C=O) groups is 2. The van der Waals surface area contributed by atoms with E-state index in [1.807, 2.05) is 4.90 Å². The highest BCUT2D eigenvalue weighted by atomic mass is 16.4. The van der Waals surface area contributed by atoms with Gasteiger partial charge in [0.2, 0.25) is 5.91 Å². The summed E-state index contributed by atoms with van der Waals surface area (Å²) in [6.07, 6.45) is 9.63. The van der Waals surface area contributed by atoms with Crippen molar-refractivity contribution in [2.75, 3.05) is 13.2 Å². The molecule has 2 N–H and O–H groups in total. The Morgan fingerprint density at radius 2 is 1.93 bits per heavy atom. The van der Waals surface area contributed by atoms with Crippen LogP contribution in [-0.4, -0.2) is 46.2 Å². The van der Waals surface area contributed by atoms with Gasteiger partial charge in [-0.1, -0.05) is 20.3 Å². The fourth-order valence-electron chi connectivity index (χ4n) is 7.81. The van der Waals surface area contributed by atoms with E-state index in [2.05, 4.69) is 13.8 Å². The van der Waals surface area contributed by atoms with E-state index in [-0.39, 0.29) is 24.0 Å². The molecule has 0 aromatic rings. The minimum atomic E-state index is -0.975. The van der Waals surface area contributed by atoms with Gasteiger partial charge in [0.25, 0.3) is 0 Å². The van der Waals surface area contributed by atoms with Gasteiger partial charge in [-0.05, 0) is 80.0 Å². The number of carboxylic acids is 1. The molecule has 0 radical (unpaired) electrons. The number of likely N-dealkylation sites (tertiary alicyclic amines) is 1. The average molecular weight is 378 g/mol. The first-order valence-corrected chi connectivity index (χ1v) is 11.0. The van der Waals surface area contributed by atoms with Gasteiger partial charge in [0, 0.05) is 19.2 Å². The number of hydrogen-bond donors (Lipinski definition) is 2. The number of carbonyl (C=O) groups excluding carboxylic acids is 1. The Balaban J connectivity index is 1.67. The minimum absolute atomic E-state index is 0.0391. The van der Waals surface area contributed by atoms with Gasteiger partial charge in [0.15, 0.2) is 0 Å². The lowest BCUT2D eigenvalue weighted by Gasteiger charge is -2.62. The van der Waals surface area contributed by atoms with Crippen molar-refractivity contribution in [2.24, 2.45) is 34.5 Å². The van der Waals surface area contributed by atoms with E-state index in [1.165, 1.54) is 38.5 Å². The molecule has 1 heterocycles. The molecular weight excluding hydrogens is 342 g/mol. The fourth-order valence-corrected chi connectivity index (χ4v) is 7.81. The first-order valence-electron chi connectivity index (χ1n) is 11.0. The first-order chi connectivity index (χ1) is 12.8. The summed E-state index contributed by atoms with van der Waals surface area (Å²) in [4.78, 5) is 26.7. The molecule has 3 saturated carbocycles. The largest absolute Gasteiger partial charge is 0.481 e. The molecular formula is C22H35NO4. The van der Waals surface area contributed by atoms with Gasteiger partial charge < -0.3 is 15.1 Å². The molecule has 7 atom stereocenters. The summed E-state index contributed by atoms with van der Waals surface area (Å²) >= 11 is 0. The third-order valence-electron chi connectivity index (χ3n) is 9.06. The average Bonchev–Trinajstić information content (AvgIpc) is 3.02. The number of piperidine rings is 1. The third kappa shape index (κ3) is 2.83. The van der Waals surface area contributed by atoms with Crippen LogP contribution in [0.2, 0.25) is 0 Å². The molecule has 0 aromatic heterocycles. The fraction of sp³-hybridized carbons (Fsp3) is 0.909. The van der Waals surface area contributed by atoms with Crippen LogP contribution in [0.15, 0.2) is 0 Å². The van der Waals surface area contributed by atoms with E-state index in [1.54, 1.807) is 0 Å². The van der Waals surface area contributed by atoms with Gasteiger partial charge in [-0.25, -0.2) is 0 Å². The number of aliphatic hydroxyl groups is 1. The first kappa shape index (κ1) is 19.2. The molecule has 1 saturated heterocycles. The van der Waals surface area contributed by atoms with Gasteiger partial charge in [0.05, 0.1) is 0 Å². The molecule has 4 aliphatic rings. The highest BCUT2D eigenvalue weighted by molar-refractivity contribution is 5.97. The molecule has 0 aromatic carbocycles. The number of rotatable bonds is 4. The summed E-state index contributed by atoms with van der Waals surface area (Å²) in [6.45, 7) is 5.28. The van der Waals surface area contributed by atoms with Crippen LogP contribution in [0.4, 0.5) is 0 Å². The lowest BCUT2D eigenvalue weighted by atomic mass is 9.47. The molecule has 2 unspecified atom stereocenters. The zero-order valence-corrected chi connectivity index (χ0v) is 16.8. The number of aliphatic carboxylic acids is 1. The number of fused-ring (bicyclic) bond motifs is 5. The Hall–Kier alpha value is -1.10. The third-order valence-corrected chi connectivity index (χ3v) is 9.06. The van der Waals surface area contributed by atoms with Crippen LogP contribution in [0.5, 0.6) is 0 Å². The highest BCUT2D eigenvalue weighted by Gasteiger charge is 2.61. The zero-order chi connectivity index (χ0) is 19.4. The number of aliphatic hydroxyl groups excluding tert-OH is 1. The van der Waals surface area contributed by atoms with Gasteiger partial charge in [-0.3, -0.25) is 9.59 Å². The molecule has 1 aliphatic heterocycles. The second-order valence-corrected chi connectivity index (χ2v) is 10.3. The molecule has 4 fully saturated rings. The summed E-state index contributed by atoms with van der Waals surface area (Å²) in [7, 11) is 0. The number of nitrogens with zero attached hydrogens (tertiary/aromatic N) is 1. The smallest absolute Gasteiger partial charge is 0.316 e. The Labute approximate surface area is 162 Å². The molecule has 152 valence electrons. The molecule has 0 spiro atoms. The van der Waals surface area contributed by atoms with Crippen LogP contribution in [-0.2, 0) is 9.59 Å². The quantitative estimate of drug-likeness (QED) is 0.737. The van der Waals surface area contributed by atoms with E-state index >= 15 is 0 Å². The van der Waals surface area contributed by atoms with Crippen molar-refractivity contribution in [1.29, 1.82) is 0 Å². The van der Waals surface area contributed by atoms with E-state index in [9.17, 15) is 19.8 Å². The monoisotopic (exact) mass is 377 g/mol. The van der Waals surface area contributed by atoms with Crippen molar-refractivity contribution < 1.29 is 19.8 Å². The van der Waals surface area contributed by atoms with Crippen LogP contribution in [0.1, 0.15) is 71.6 Å². The van der Waals surface area contributed by atoms with Gasteiger partial charge >= 0.3 is 5.97 Å². The number of amides is 1. The van der Waals surface area contributed by atoms with E-state index in [4.69, 9.17) is 0 Å². The van der Waals surface area contributed by atoms with Crippen molar-refractivity contribution in [2.45, 2.75) is 77.7 Å². The van der Waals surface area contributed by atoms with Crippen molar-refractivity contribution >= 4 is 11.9 Å². The molecule has 1 amide bonds. The van der Waals surface area contributed by atoms with Crippen LogP contribution in [0.3, 0.4) is 0 Å².